The monoisotopic (exact) mass is 170 g/mol. The third-order valence-corrected chi connectivity index (χ3v) is 4.21. The van der Waals surface area contributed by atoms with Gasteiger partial charge in [0.25, 0.3) is 0 Å². The second kappa shape index (κ2) is 4.64. The minimum absolute atomic E-state index is 0. The van der Waals surface area contributed by atoms with E-state index < -0.39 is 8.32 Å². The van der Waals surface area contributed by atoms with E-state index in [1.165, 1.54) is 18.9 Å². The summed E-state index contributed by atoms with van der Waals surface area (Å²) in [4.78, 5) is 0. The molecule has 0 atom stereocenters. The van der Waals surface area contributed by atoms with Crippen molar-refractivity contribution in [3.63, 3.8) is 0 Å². The van der Waals surface area contributed by atoms with Gasteiger partial charge in [0.05, 0.1) is 0 Å². The van der Waals surface area contributed by atoms with Crippen molar-refractivity contribution in [3.8, 4) is 0 Å². The molecule has 1 aliphatic heterocycles. The fourth-order valence-corrected chi connectivity index (χ4v) is 3.02. The molecule has 0 spiro atoms. The minimum Gasteiger partial charge on any atom is -1.00 e. The van der Waals surface area contributed by atoms with Gasteiger partial charge >= 0.3 is 51.4 Å². The topological polar surface area (TPSA) is 9.23 Å². The van der Waals surface area contributed by atoms with Crippen molar-refractivity contribution in [2.45, 2.75) is 32.0 Å². The Hall–Kier alpha value is 1.81. The van der Waals surface area contributed by atoms with E-state index in [4.69, 9.17) is 4.43 Å². The molecule has 1 fully saturated rings. The summed E-state index contributed by atoms with van der Waals surface area (Å²) in [6.45, 7) is 5.62. The Morgan fingerprint density at radius 3 is 2.22 bits per heavy atom. The number of hydrogen-bond donors (Lipinski definition) is 0. The maximum absolute atomic E-state index is 5.60. The molecule has 1 aliphatic rings. The van der Waals surface area contributed by atoms with Crippen LogP contribution < -0.4 is 51.4 Å². The van der Waals surface area contributed by atoms with Gasteiger partial charge in [-0.2, -0.15) is 0 Å². The molecule has 0 aliphatic carbocycles. The SMILES string of the molecule is C[Si]1(C)CCCCO1.[H-].[K+]. The van der Waals surface area contributed by atoms with Gasteiger partial charge < -0.3 is 5.85 Å². The van der Waals surface area contributed by atoms with Crippen molar-refractivity contribution >= 4 is 8.32 Å². The van der Waals surface area contributed by atoms with Gasteiger partial charge in [0.15, 0.2) is 8.32 Å². The molecule has 3 heteroatoms. The Labute approximate surface area is 103 Å². The molecule has 0 N–H and O–H groups in total. The average Bonchev–Trinajstić information content (AvgIpc) is 1.65. The Morgan fingerprint density at radius 1 is 1.33 bits per heavy atom. The maximum atomic E-state index is 5.60. The smallest absolute Gasteiger partial charge is 1.00 e. The van der Waals surface area contributed by atoms with E-state index >= 15 is 0 Å². The van der Waals surface area contributed by atoms with Crippen LogP contribution >= 0.6 is 0 Å². The van der Waals surface area contributed by atoms with Crippen LogP contribution in [0.4, 0.5) is 0 Å². The second-order valence-corrected chi connectivity index (χ2v) is 7.37. The first kappa shape index (κ1) is 10.8. The van der Waals surface area contributed by atoms with Crippen LogP contribution in [0.5, 0.6) is 0 Å². The minimum atomic E-state index is -1.09. The van der Waals surface area contributed by atoms with Crippen molar-refractivity contribution in [1.29, 1.82) is 0 Å². The van der Waals surface area contributed by atoms with Gasteiger partial charge in [-0.1, -0.05) is 6.42 Å². The number of rotatable bonds is 0. The maximum Gasteiger partial charge on any atom is 1.00 e. The third kappa shape index (κ3) is 4.29. The van der Waals surface area contributed by atoms with E-state index in [1.807, 2.05) is 0 Å². The molecule has 0 saturated carbocycles. The van der Waals surface area contributed by atoms with Crippen molar-refractivity contribution in [2.75, 3.05) is 6.61 Å². The van der Waals surface area contributed by atoms with Gasteiger partial charge in [0.1, 0.15) is 0 Å². The first-order chi connectivity index (χ1) is 3.71. The summed E-state index contributed by atoms with van der Waals surface area (Å²) in [6.07, 6.45) is 2.69. The van der Waals surface area contributed by atoms with Gasteiger partial charge in [-0.25, -0.2) is 0 Å². The molecule has 1 heterocycles. The van der Waals surface area contributed by atoms with Gasteiger partial charge in [-0.05, 0) is 25.6 Å². The van der Waals surface area contributed by atoms with Gasteiger partial charge in [-0.3, -0.25) is 0 Å². The quantitative estimate of drug-likeness (QED) is 0.429. The zero-order valence-electron chi connectivity index (χ0n) is 7.74. The first-order valence-electron chi connectivity index (χ1n) is 3.35. The zero-order chi connectivity index (χ0) is 6.04. The first-order valence-corrected chi connectivity index (χ1v) is 6.46. The van der Waals surface area contributed by atoms with Gasteiger partial charge in [0.2, 0.25) is 0 Å². The van der Waals surface area contributed by atoms with Crippen LogP contribution in [0.15, 0.2) is 0 Å². The second-order valence-electron chi connectivity index (χ2n) is 3.07. The standard InChI is InChI=1S/C6H14OSi.K.H/c1-8(2)6-4-3-5-7-8;;/h3-6H2,1-2H3;;/q;+1;-1. The Morgan fingerprint density at radius 2 is 2.00 bits per heavy atom. The largest absolute Gasteiger partial charge is 1.00 e. The summed E-state index contributed by atoms with van der Waals surface area (Å²) in [5, 5.41) is 0. The molecule has 0 unspecified atom stereocenters. The van der Waals surface area contributed by atoms with Crippen LogP contribution in [0.3, 0.4) is 0 Å². The van der Waals surface area contributed by atoms with Crippen LogP contribution in [0.1, 0.15) is 14.3 Å². The van der Waals surface area contributed by atoms with E-state index in [0.717, 1.165) is 6.61 Å². The molecule has 50 valence electrons. The summed E-state index contributed by atoms with van der Waals surface area (Å²) >= 11 is 0. The van der Waals surface area contributed by atoms with Crippen molar-refractivity contribution in [3.05, 3.63) is 0 Å². The molecule has 0 aromatic carbocycles. The molecule has 0 aromatic heterocycles. The summed E-state index contributed by atoms with van der Waals surface area (Å²) in [5.74, 6) is 0. The van der Waals surface area contributed by atoms with E-state index in [-0.39, 0.29) is 52.8 Å². The van der Waals surface area contributed by atoms with E-state index in [2.05, 4.69) is 13.1 Å². The molecule has 0 radical (unpaired) electrons. The summed E-state index contributed by atoms with van der Waals surface area (Å²) in [5.41, 5.74) is 0. The molecule has 1 saturated heterocycles. The van der Waals surface area contributed by atoms with Crippen LogP contribution in [-0.4, -0.2) is 14.9 Å². The summed E-state index contributed by atoms with van der Waals surface area (Å²) in [7, 11) is -1.09. The molecule has 0 bridgehead atoms. The van der Waals surface area contributed by atoms with Crippen molar-refractivity contribution < 1.29 is 57.2 Å². The number of hydrogen-bond acceptors (Lipinski definition) is 1. The van der Waals surface area contributed by atoms with E-state index in [0.29, 0.717) is 0 Å². The van der Waals surface area contributed by atoms with Crippen LogP contribution in [0.25, 0.3) is 0 Å². The van der Waals surface area contributed by atoms with Crippen molar-refractivity contribution in [1.82, 2.24) is 0 Å². The predicted octanol–water partition coefficient (Wildman–Crippen LogP) is -0.882. The van der Waals surface area contributed by atoms with E-state index in [9.17, 15) is 0 Å². The molecule has 0 aromatic rings. The Balaban J connectivity index is 0. The zero-order valence-corrected chi connectivity index (χ0v) is 10.9. The Bertz CT molecular complexity index is 81.8. The summed E-state index contributed by atoms with van der Waals surface area (Å²) < 4.78 is 5.60. The molecule has 0 amide bonds. The fourth-order valence-electron chi connectivity index (χ4n) is 1.07. The molecular weight excluding hydrogens is 155 g/mol. The summed E-state index contributed by atoms with van der Waals surface area (Å²) in [6, 6.07) is 1.37. The third-order valence-electron chi connectivity index (χ3n) is 1.67. The average molecular weight is 170 g/mol. The molecule has 1 nitrogen and oxygen atoms in total. The van der Waals surface area contributed by atoms with Crippen LogP contribution in [0.2, 0.25) is 19.1 Å². The van der Waals surface area contributed by atoms with Crippen molar-refractivity contribution in [2.24, 2.45) is 0 Å². The van der Waals surface area contributed by atoms with E-state index in [1.54, 1.807) is 0 Å². The molecule has 9 heavy (non-hydrogen) atoms. The fraction of sp³-hybridized carbons (Fsp3) is 1.00. The van der Waals surface area contributed by atoms with Gasteiger partial charge in [-0.15, -0.1) is 0 Å². The van der Waals surface area contributed by atoms with Gasteiger partial charge in [0, 0.05) is 6.61 Å². The normalized spacial score (nSPS) is 24.7. The van der Waals surface area contributed by atoms with Crippen LogP contribution in [-0.2, 0) is 4.43 Å². The molecule has 1 rings (SSSR count). The van der Waals surface area contributed by atoms with Crippen LogP contribution in [0, 0.1) is 0 Å². The molecular formula is C6H15KOSi. The Kier molecular flexibility index (Phi) is 5.58. The predicted molar refractivity (Wildman–Crippen MR) is 38.6 cm³/mol.